The second-order valence-electron chi connectivity index (χ2n) is 7.12. The molecule has 0 bridgehead atoms. The third-order valence-corrected chi connectivity index (χ3v) is 4.75. The molecule has 0 aromatic heterocycles. The number of amides is 2. The maximum atomic E-state index is 12.9. The molecule has 0 aliphatic heterocycles. The number of rotatable bonds is 13. The fraction of sp³-hybridized carbons (Fsp3) is 0.458. The molecule has 0 heterocycles. The molecule has 0 saturated heterocycles. The minimum absolute atomic E-state index is 0.0477. The summed E-state index contributed by atoms with van der Waals surface area (Å²) in [5, 5.41) is 2.86. The largest absolute Gasteiger partial charge is 0.356 e. The quantitative estimate of drug-likeness (QED) is 0.206. The standard InChI is InChI=1S/C24H34F2N4O2/c1-5-8-11-22(28-18-29(7-3)17-10-9-16-27-23(32)6-2)30(19(4)31)21-14-12-20(13-15-21)24(25)26/h5,8,11-15,24H,1,6-7,9-10,16-18H2,2-4H3,(H,27,32)/b11-8+,28-22-. The van der Waals surface area contributed by atoms with Crippen LogP contribution in [0.1, 0.15) is 52.0 Å². The van der Waals surface area contributed by atoms with Gasteiger partial charge in [0.25, 0.3) is 6.43 Å². The van der Waals surface area contributed by atoms with Crippen molar-refractivity contribution in [1.82, 2.24) is 10.2 Å². The number of benzene rings is 1. The van der Waals surface area contributed by atoms with Crippen molar-refractivity contribution >= 4 is 23.3 Å². The Morgan fingerprint density at radius 2 is 1.88 bits per heavy atom. The Hall–Kier alpha value is -2.87. The highest BCUT2D eigenvalue weighted by molar-refractivity contribution is 6.20. The van der Waals surface area contributed by atoms with E-state index in [1.54, 1.807) is 18.2 Å². The molecule has 0 spiro atoms. The molecule has 0 aliphatic carbocycles. The molecule has 0 aliphatic rings. The second kappa shape index (κ2) is 15.0. The third-order valence-electron chi connectivity index (χ3n) is 4.75. The van der Waals surface area contributed by atoms with Crippen LogP contribution in [0.15, 0.2) is 54.1 Å². The van der Waals surface area contributed by atoms with E-state index in [0.717, 1.165) is 25.9 Å². The number of carbonyl (C=O) groups excluding carboxylic acids is 2. The Balaban J connectivity index is 2.92. The number of unbranched alkanes of at least 4 members (excludes halogenated alkanes) is 1. The first-order valence-electron chi connectivity index (χ1n) is 10.8. The highest BCUT2D eigenvalue weighted by Gasteiger charge is 2.18. The number of aliphatic imine (C=N–C) groups is 1. The van der Waals surface area contributed by atoms with Gasteiger partial charge in [0.1, 0.15) is 5.84 Å². The molecule has 0 radical (unpaired) electrons. The first-order valence-corrected chi connectivity index (χ1v) is 10.8. The zero-order chi connectivity index (χ0) is 23.9. The predicted molar refractivity (Wildman–Crippen MR) is 126 cm³/mol. The molecule has 6 nitrogen and oxygen atoms in total. The highest BCUT2D eigenvalue weighted by atomic mass is 19.3. The summed E-state index contributed by atoms with van der Waals surface area (Å²) in [6, 6.07) is 5.59. The number of anilines is 1. The molecule has 0 fully saturated rings. The fourth-order valence-corrected chi connectivity index (χ4v) is 2.91. The van der Waals surface area contributed by atoms with Crippen LogP contribution >= 0.6 is 0 Å². The predicted octanol–water partition coefficient (Wildman–Crippen LogP) is 4.70. The number of hydrogen-bond donors (Lipinski definition) is 1. The van der Waals surface area contributed by atoms with Gasteiger partial charge < -0.3 is 5.32 Å². The molecule has 0 saturated carbocycles. The summed E-state index contributed by atoms with van der Waals surface area (Å²) in [6.07, 6.45) is 4.60. The molecule has 176 valence electrons. The summed E-state index contributed by atoms with van der Waals surface area (Å²) in [4.78, 5) is 31.8. The molecule has 32 heavy (non-hydrogen) atoms. The summed E-state index contributed by atoms with van der Waals surface area (Å²) in [5.41, 5.74) is 0.355. The van der Waals surface area contributed by atoms with Crippen LogP contribution in [0.5, 0.6) is 0 Å². The molecule has 0 unspecified atom stereocenters. The lowest BCUT2D eigenvalue weighted by Crippen LogP contribution is -2.35. The van der Waals surface area contributed by atoms with Crippen molar-refractivity contribution < 1.29 is 18.4 Å². The molecule has 1 N–H and O–H groups in total. The maximum absolute atomic E-state index is 12.9. The van der Waals surface area contributed by atoms with E-state index in [2.05, 4.69) is 21.8 Å². The van der Waals surface area contributed by atoms with Gasteiger partial charge in [-0.3, -0.25) is 24.4 Å². The summed E-state index contributed by atoms with van der Waals surface area (Å²) in [7, 11) is 0. The van der Waals surface area contributed by atoms with E-state index in [0.29, 0.717) is 31.2 Å². The molecular weight excluding hydrogens is 414 g/mol. The van der Waals surface area contributed by atoms with E-state index in [1.165, 1.54) is 36.1 Å². The summed E-state index contributed by atoms with van der Waals surface area (Å²) < 4.78 is 25.8. The van der Waals surface area contributed by atoms with Crippen LogP contribution in [0, 0.1) is 0 Å². The summed E-state index contributed by atoms with van der Waals surface area (Å²) >= 11 is 0. The van der Waals surface area contributed by atoms with Crippen LogP contribution < -0.4 is 10.2 Å². The van der Waals surface area contributed by atoms with Gasteiger partial charge in [-0.25, -0.2) is 8.78 Å². The van der Waals surface area contributed by atoms with Crippen LogP contribution in [0.4, 0.5) is 14.5 Å². The summed E-state index contributed by atoms with van der Waals surface area (Å²) in [6.45, 7) is 11.5. The van der Waals surface area contributed by atoms with Gasteiger partial charge in [-0.2, -0.15) is 0 Å². The molecule has 1 rings (SSSR count). The van der Waals surface area contributed by atoms with Crippen molar-refractivity contribution in [1.29, 1.82) is 0 Å². The molecule has 1 aromatic carbocycles. The average Bonchev–Trinajstić information content (AvgIpc) is 2.78. The third kappa shape index (κ3) is 9.51. The lowest BCUT2D eigenvalue weighted by atomic mass is 10.2. The molecule has 2 amide bonds. The van der Waals surface area contributed by atoms with Crippen LogP contribution in [-0.4, -0.2) is 48.9 Å². The topological polar surface area (TPSA) is 65.0 Å². The number of hydrogen-bond acceptors (Lipinski definition) is 4. The Morgan fingerprint density at radius 3 is 2.41 bits per heavy atom. The van der Waals surface area contributed by atoms with Crippen LogP contribution in [0.3, 0.4) is 0 Å². The first-order chi connectivity index (χ1) is 15.3. The lowest BCUT2D eigenvalue weighted by molar-refractivity contribution is -0.120. The van der Waals surface area contributed by atoms with Crippen molar-refractivity contribution in [3.05, 3.63) is 54.6 Å². The SMILES string of the molecule is C=C/C=C/C(=N/CN(CC)CCCCNC(=O)CC)N(C(C)=O)c1ccc(C(F)F)cc1. The number of allylic oxidation sites excluding steroid dienone is 2. The van der Waals surface area contributed by atoms with Crippen molar-refractivity contribution in [3.63, 3.8) is 0 Å². The van der Waals surface area contributed by atoms with Gasteiger partial charge in [0.15, 0.2) is 0 Å². The fourth-order valence-electron chi connectivity index (χ4n) is 2.91. The van der Waals surface area contributed by atoms with Crippen LogP contribution in [0.25, 0.3) is 0 Å². The van der Waals surface area contributed by atoms with Crippen LogP contribution in [-0.2, 0) is 9.59 Å². The van der Waals surface area contributed by atoms with E-state index >= 15 is 0 Å². The van der Waals surface area contributed by atoms with Gasteiger partial charge in [-0.05, 0) is 44.1 Å². The lowest BCUT2D eigenvalue weighted by Gasteiger charge is -2.24. The number of carbonyl (C=O) groups is 2. The monoisotopic (exact) mass is 448 g/mol. The minimum Gasteiger partial charge on any atom is -0.356 e. The van der Waals surface area contributed by atoms with Crippen molar-refractivity contribution in [2.45, 2.75) is 46.5 Å². The molecule has 0 atom stereocenters. The number of alkyl halides is 2. The Labute approximate surface area is 189 Å². The van der Waals surface area contributed by atoms with E-state index in [4.69, 9.17) is 0 Å². The Kier molecular flexibility index (Phi) is 12.7. The molecular formula is C24H34F2N4O2. The van der Waals surface area contributed by atoms with Gasteiger partial charge >= 0.3 is 0 Å². The van der Waals surface area contributed by atoms with Crippen LogP contribution in [0.2, 0.25) is 0 Å². The first kappa shape index (κ1) is 27.2. The van der Waals surface area contributed by atoms with Gasteiger partial charge in [-0.1, -0.05) is 44.7 Å². The van der Waals surface area contributed by atoms with Crippen molar-refractivity contribution in [2.24, 2.45) is 4.99 Å². The number of halogens is 2. The minimum atomic E-state index is -2.57. The smallest absolute Gasteiger partial charge is 0.263 e. The zero-order valence-corrected chi connectivity index (χ0v) is 19.2. The van der Waals surface area contributed by atoms with E-state index < -0.39 is 6.43 Å². The highest BCUT2D eigenvalue weighted by Crippen LogP contribution is 2.23. The molecule has 8 heteroatoms. The zero-order valence-electron chi connectivity index (χ0n) is 19.2. The Bertz CT molecular complexity index is 792. The number of amidine groups is 1. The summed E-state index contributed by atoms with van der Waals surface area (Å²) in [5.74, 6) is 0.166. The van der Waals surface area contributed by atoms with E-state index in [9.17, 15) is 18.4 Å². The van der Waals surface area contributed by atoms with Gasteiger partial charge in [0.05, 0.1) is 12.4 Å². The molecule has 1 aromatic rings. The number of nitrogens with zero attached hydrogens (tertiary/aromatic N) is 3. The Morgan fingerprint density at radius 1 is 1.19 bits per heavy atom. The van der Waals surface area contributed by atoms with Crippen molar-refractivity contribution in [2.75, 3.05) is 31.2 Å². The van der Waals surface area contributed by atoms with Gasteiger partial charge in [-0.15, -0.1) is 0 Å². The van der Waals surface area contributed by atoms with Gasteiger partial charge in [0, 0.05) is 25.5 Å². The maximum Gasteiger partial charge on any atom is 0.263 e. The number of nitrogens with one attached hydrogen (secondary N) is 1. The van der Waals surface area contributed by atoms with Crippen molar-refractivity contribution in [3.8, 4) is 0 Å². The average molecular weight is 449 g/mol. The normalized spacial score (nSPS) is 11.9. The van der Waals surface area contributed by atoms with Gasteiger partial charge in [0.2, 0.25) is 11.8 Å². The van der Waals surface area contributed by atoms with E-state index in [-0.39, 0.29) is 17.4 Å². The second-order valence-corrected chi connectivity index (χ2v) is 7.12. The van der Waals surface area contributed by atoms with E-state index in [1.807, 2.05) is 13.8 Å².